The molecule has 5 nitrogen and oxygen atoms in total. The van der Waals surface area contributed by atoms with Gasteiger partial charge in [-0.2, -0.15) is 0 Å². The Morgan fingerprint density at radius 1 is 0.444 bits per heavy atom. The van der Waals surface area contributed by atoms with Crippen molar-refractivity contribution in [1.29, 1.82) is 0 Å². The first-order valence-electron chi connectivity index (χ1n) is 14.8. The summed E-state index contributed by atoms with van der Waals surface area (Å²) in [5.74, 6) is 0.716. The van der Waals surface area contributed by atoms with Crippen molar-refractivity contribution in [1.82, 2.24) is 15.0 Å². The van der Waals surface area contributed by atoms with E-state index in [1.807, 2.05) is 54.6 Å². The highest BCUT2D eigenvalue weighted by Crippen LogP contribution is 2.44. The summed E-state index contributed by atoms with van der Waals surface area (Å²) in [6, 6.07) is 43.3. The third kappa shape index (κ3) is 3.63. The molecule has 5 aromatic carbocycles. The van der Waals surface area contributed by atoms with E-state index in [1.54, 1.807) is 11.3 Å². The molecule has 5 heterocycles. The van der Waals surface area contributed by atoms with Gasteiger partial charge in [-0.25, -0.2) is 15.0 Å². The summed E-state index contributed by atoms with van der Waals surface area (Å²) >= 11 is 1.73. The second kappa shape index (κ2) is 9.32. The fraction of sp³-hybridized carbons (Fsp3) is 0. The molecule has 0 unspecified atom stereocenters. The second-order valence-corrected chi connectivity index (χ2v) is 12.2. The van der Waals surface area contributed by atoms with E-state index in [9.17, 15) is 0 Å². The van der Waals surface area contributed by atoms with Crippen LogP contribution in [0, 0.1) is 0 Å². The van der Waals surface area contributed by atoms with E-state index in [-0.39, 0.29) is 0 Å². The lowest BCUT2D eigenvalue weighted by atomic mass is 10.0. The molecule has 0 saturated heterocycles. The van der Waals surface area contributed by atoms with Gasteiger partial charge in [0.1, 0.15) is 22.2 Å². The fourth-order valence-corrected chi connectivity index (χ4v) is 7.55. The molecule has 6 heteroatoms. The Morgan fingerprint density at radius 3 is 1.71 bits per heavy atom. The zero-order valence-corrected chi connectivity index (χ0v) is 24.5. The maximum atomic E-state index is 6.47. The van der Waals surface area contributed by atoms with Gasteiger partial charge in [0.2, 0.25) is 0 Å². The van der Waals surface area contributed by atoms with Crippen molar-refractivity contribution >= 4 is 75.8 Å². The number of thiophene rings is 1. The number of hydrogen-bond acceptors (Lipinski definition) is 6. The predicted octanol–water partition coefficient (Wildman–Crippen LogP) is 11.0. The van der Waals surface area contributed by atoms with Crippen LogP contribution in [0.1, 0.15) is 0 Å². The zero-order valence-electron chi connectivity index (χ0n) is 23.7. The third-order valence-electron chi connectivity index (χ3n) is 8.52. The molecule has 0 N–H and O–H groups in total. The van der Waals surface area contributed by atoms with Crippen LogP contribution in [-0.2, 0) is 0 Å². The van der Waals surface area contributed by atoms with E-state index in [1.165, 1.54) is 4.70 Å². The molecule has 0 radical (unpaired) electrons. The maximum absolute atomic E-state index is 6.47. The van der Waals surface area contributed by atoms with Gasteiger partial charge in [0, 0.05) is 32.0 Å². The molecule has 5 aromatic heterocycles. The molecule has 0 fully saturated rings. The van der Waals surface area contributed by atoms with Crippen LogP contribution in [-0.4, -0.2) is 15.0 Å². The standard InChI is InChI=1S/C39H21N3O2S/c1-2-10-24(11-3-1)39-41-32(38-35(42-39)27-14-6-9-17-30(27)45-38)23-20-18-22(19-21-23)31-36-33(25-12-4-7-15-28(25)43-36)40-34-26-13-5-8-16-29(26)44-37(31)34/h1-21H. The number of hydrogen-bond donors (Lipinski definition) is 0. The maximum Gasteiger partial charge on any atom is 0.165 e. The quantitative estimate of drug-likeness (QED) is 0.203. The number of nitrogens with zero attached hydrogens (tertiary/aromatic N) is 3. The number of fused-ring (bicyclic) bond motifs is 9. The minimum atomic E-state index is 0.716. The average molecular weight is 596 g/mol. The molecule has 10 rings (SSSR count). The van der Waals surface area contributed by atoms with Gasteiger partial charge in [-0.05, 0) is 35.9 Å². The molecule has 0 atom stereocenters. The molecule has 10 aromatic rings. The van der Waals surface area contributed by atoms with E-state index < -0.39 is 0 Å². The lowest BCUT2D eigenvalue weighted by molar-refractivity contribution is 0.657. The van der Waals surface area contributed by atoms with Crippen LogP contribution in [0.3, 0.4) is 0 Å². The third-order valence-corrected chi connectivity index (χ3v) is 9.68. The van der Waals surface area contributed by atoms with E-state index in [4.69, 9.17) is 23.8 Å². The molecule has 45 heavy (non-hydrogen) atoms. The van der Waals surface area contributed by atoms with Crippen LogP contribution in [0.25, 0.3) is 98.2 Å². The van der Waals surface area contributed by atoms with Gasteiger partial charge >= 0.3 is 0 Å². The second-order valence-electron chi connectivity index (χ2n) is 11.2. The van der Waals surface area contributed by atoms with Crippen molar-refractivity contribution in [2.24, 2.45) is 0 Å². The van der Waals surface area contributed by atoms with Gasteiger partial charge in [-0.1, -0.05) is 97.1 Å². The first kappa shape index (κ1) is 24.6. The number of benzene rings is 5. The van der Waals surface area contributed by atoms with E-state index in [0.717, 1.165) is 87.7 Å². The van der Waals surface area contributed by atoms with E-state index in [0.29, 0.717) is 5.82 Å². The van der Waals surface area contributed by atoms with Crippen LogP contribution < -0.4 is 0 Å². The number of aromatic nitrogens is 3. The summed E-state index contributed by atoms with van der Waals surface area (Å²) in [5.41, 5.74) is 10.5. The van der Waals surface area contributed by atoms with Crippen LogP contribution in [0.15, 0.2) is 136 Å². The van der Waals surface area contributed by atoms with Gasteiger partial charge in [0.05, 0.1) is 21.5 Å². The van der Waals surface area contributed by atoms with E-state index >= 15 is 0 Å². The Labute approximate surface area is 260 Å². The lowest BCUT2D eigenvalue weighted by Crippen LogP contribution is -1.93. The van der Waals surface area contributed by atoms with Crippen molar-refractivity contribution in [2.45, 2.75) is 0 Å². The Bertz CT molecular complexity index is 2670. The normalized spacial score (nSPS) is 12.0. The van der Waals surface area contributed by atoms with Crippen LogP contribution in [0.5, 0.6) is 0 Å². The number of pyridine rings is 1. The summed E-state index contributed by atoms with van der Waals surface area (Å²) in [4.78, 5) is 15.3. The summed E-state index contributed by atoms with van der Waals surface area (Å²) in [6.07, 6.45) is 0. The molecular formula is C39H21N3O2S. The highest BCUT2D eigenvalue weighted by molar-refractivity contribution is 7.26. The Kier molecular flexibility index (Phi) is 5.09. The van der Waals surface area contributed by atoms with Crippen molar-refractivity contribution in [2.75, 3.05) is 0 Å². The summed E-state index contributed by atoms with van der Waals surface area (Å²) in [5, 5.41) is 3.12. The molecule has 0 aliphatic rings. The Morgan fingerprint density at radius 2 is 1.02 bits per heavy atom. The summed E-state index contributed by atoms with van der Waals surface area (Å²) in [6.45, 7) is 0. The summed E-state index contributed by atoms with van der Waals surface area (Å²) in [7, 11) is 0. The highest BCUT2D eigenvalue weighted by Gasteiger charge is 2.23. The smallest absolute Gasteiger partial charge is 0.165 e. The molecule has 0 aliphatic carbocycles. The Hall–Kier alpha value is -5.85. The van der Waals surface area contributed by atoms with Crippen molar-refractivity contribution in [3.63, 3.8) is 0 Å². The topological polar surface area (TPSA) is 65.0 Å². The van der Waals surface area contributed by atoms with Crippen LogP contribution >= 0.6 is 11.3 Å². The molecular weight excluding hydrogens is 575 g/mol. The largest absolute Gasteiger partial charge is 0.454 e. The minimum Gasteiger partial charge on any atom is -0.454 e. The van der Waals surface area contributed by atoms with Crippen LogP contribution in [0.4, 0.5) is 0 Å². The van der Waals surface area contributed by atoms with Crippen molar-refractivity contribution < 1.29 is 8.83 Å². The van der Waals surface area contributed by atoms with Gasteiger partial charge in [-0.15, -0.1) is 11.3 Å². The summed E-state index contributed by atoms with van der Waals surface area (Å²) < 4.78 is 15.2. The van der Waals surface area contributed by atoms with Crippen molar-refractivity contribution in [3.05, 3.63) is 127 Å². The van der Waals surface area contributed by atoms with Gasteiger partial charge in [0.25, 0.3) is 0 Å². The number of para-hydroxylation sites is 2. The van der Waals surface area contributed by atoms with Crippen LogP contribution in [0.2, 0.25) is 0 Å². The van der Waals surface area contributed by atoms with Gasteiger partial charge < -0.3 is 8.83 Å². The zero-order chi connectivity index (χ0) is 29.5. The first-order chi connectivity index (χ1) is 22.3. The minimum absolute atomic E-state index is 0.716. The monoisotopic (exact) mass is 595 g/mol. The first-order valence-corrected chi connectivity index (χ1v) is 15.6. The van der Waals surface area contributed by atoms with Gasteiger partial charge in [-0.3, -0.25) is 0 Å². The molecule has 0 spiro atoms. The molecule has 210 valence electrons. The van der Waals surface area contributed by atoms with Gasteiger partial charge in [0.15, 0.2) is 17.0 Å². The molecule has 0 bridgehead atoms. The lowest BCUT2D eigenvalue weighted by Gasteiger charge is -2.09. The SMILES string of the molecule is c1ccc(-c2nc(-c3ccc(-c4c5oc6ccccc6c5nc5c4oc4ccccc45)cc3)c3sc4ccccc4c3n2)cc1. The van der Waals surface area contributed by atoms with Crippen molar-refractivity contribution in [3.8, 4) is 33.8 Å². The molecule has 0 amide bonds. The molecule has 0 saturated carbocycles. The Balaban J connectivity index is 1.22. The molecule has 0 aliphatic heterocycles. The fourth-order valence-electron chi connectivity index (χ4n) is 6.40. The van der Waals surface area contributed by atoms with E-state index in [2.05, 4.69) is 72.8 Å². The predicted molar refractivity (Wildman–Crippen MR) is 184 cm³/mol. The number of rotatable bonds is 3. The highest BCUT2D eigenvalue weighted by atomic mass is 32.1. The number of furan rings is 2. The average Bonchev–Trinajstić information content (AvgIpc) is 3.78.